The fourth-order valence-corrected chi connectivity index (χ4v) is 0. The first-order valence-electron chi connectivity index (χ1n) is 0. The minimum Gasteiger partial charge on any atom is -1.00 e. The van der Waals surface area contributed by atoms with E-state index in [2.05, 4.69) is 0 Å². The van der Waals surface area contributed by atoms with Crippen molar-refractivity contribution in [3.63, 3.8) is 0 Å². The Hall–Kier alpha value is 1.11. The molecular weight excluding hydrogens is 179 g/mol. The molecule has 0 rings (SSSR count). The predicted octanol–water partition coefficient (Wildman–Crippen LogP) is -5.40. The van der Waals surface area contributed by atoms with Gasteiger partial charge in [0, 0.05) is 0 Å². The third kappa shape index (κ3) is 376. The molecule has 0 heterocycles. The second-order valence-electron chi connectivity index (χ2n) is 0. The molecule has 9 heavy (non-hydrogen) atoms. The van der Waals surface area contributed by atoms with Crippen LogP contribution in [0.4, 0.5) is 0 Å². The van der Waals surface area contributed by atoms with Crippen LogP contribution in [0.2, 0.25) is 0 Å². The van der Waals surface area contributed by atoms with Crippen molar-refractivity contribution in [2.24, 2.45) is 0 Å². The van der Waals surface area contributed by atoms with Gasteiger partial charge in [-0.1, -0.05) is 0 Å². The van der Waals surface area contributed by atoms with Gasteiger partial charge in [0.2, 0.25) is 0 Å². The quantitative estimate of drug-likeness (QED) is 0.208. The molecule has 0 saturated carbocycles. The topological polar surface area (TPSA) is 210 Å². The summed E-state index contributed by atoms with van der Waals surface area (Å²) >= 11 is 0. The molecule has 0 aromatic heterocycles. The van der Waals surface area contributed by atoms with Crippen molar-refractivity contribution in [1.29, 1.82) is 0 Å². The molecule has 0 atom stereocenters. The molecule has 6 nitrogen and oxygen atoms in total. The van der Waals surface area contributed by atoms with Crippen molar-refractivity contribution in [3.8, 4) is 0 Å². The summed E-state index contributed by atoms with van der Waals surface area (Å²) in [6.07, 6.45) is 0. The third-order valence-electron chi connectivity index (χ3n) is 0. The Morgan fingerprint density at radius 3 is 0.333 bits per heavy atom. The number of halogens is 2. The molecule has 18 N–H and O–H groups in total. The standard InChI is InChI=1S/2ClH.Mg.6H3N/h2*1H;;6*1H3/q;;+2;;;;;;/p-2. The van der Waals surface area contributed by atoms with Crippen LogP contribution in [0.15, 0.2) is 0 Å². The zero-order valence-corrected chi connectivity index (χ0v) is 8.63. The van der Waals surface area contributed by atoms with Gasteiger partial charge in [-0.05, 0) is 0 Å². The van der Waals surface area contributed by atoms with E-state index in [9.17, 15) is 0 Å². The van der Waals surface area contributed by atoms with Crippen LogP contribution in [0.5, 0.6) is 0 Å². The Bertz CT molecular complexity index is 11.0. The summed E-state index contributed by atoms with van der Waals surface area (Å²) in [4.78, 5) is 0. The first-order chi connectivity index (χ1) is 0. The average Bonchev–Trinajstić information content (AvgIpc) is 0. The number of hydrogen-bond acceptors (Lipinski definition) is 6. The van der Waals surface area contributed by atoms with Crippen LogP contribution in [-0.2, 0) is 0 Å². The second kappa shape index (κ2) is 489. The molecule has 0 saturated heterocycles. The van der Waals surface area contributed by atoms with Gasteiger partial charge in [-0.15, -0.1) is 0 Å². The smallest absolute Gasteiger partial charge is 1.00 e. The minimum atomic E-state index is 0. The maximum absolute atomic E-state index is 0. The zero-order valence-electron chi connectivity index (χ0n) is 5.71. The maximum Gasteiger partial charge on any atom is 2.00 e. The zero-order chi connectivity index (χ0) is 0. The molecule has 0 unspecified atom stereocenters. The molecule has 64 valence electrons. The third-order valence-corrected chi connectivity index (χ3v) is 0. The fourth-order valence-electron chi connectivity index (χ4n) is 0. The summed E-state index contributed by atoms with van der Waals surface area (Å²) in [5.74, 6) is 0. The first kappa shape index (κ1) is 685. The minimum absolute atomic E-state index is 0. The van der Waals surface area contributed by atoms with Crippen LogP contribution >= 0.6 is 0 Å². The molecule has 0 amide bonds. The van der Waals surface area contributed by atoms with E-state index in [1.807, 2.05) is 0 Å². The van der Waals surface area contributed by atoms with Gasteiger partial charge in [0.05, 0.1) is 0 Å². The van der Waals surface area contributed by atoms with Gasteiger partial charge in [0.25, 0.3) is 0 Å². The Balaban J connectivity index is 0. The van der Waals surface area contributed by atoms with Gasteiger partial charge >= 0.3 is 23.1 Å². The van der Waals surface area contributed by atoms with E-state index in [1.54, 1.807) is 0 Å². The van der Waals surface area contributed by atoms with E-state index in [4.69, 9.17) is 0 Å². The molecule has 0 fully saturated rings. The van der Waals surface area contributed by atoms with Gasteiger partial charge in [-0.25, -0.2) is 0 Å². The van der Waals surface area contributed by atoms with E-state index >= 15 is 0 Å². The summed E-state index contributed by atoms with van der Waals surface area (Å²) in [5, 5.41) is 0. The van der Waals surface area contributed by atoms with Crippen LogP contribution < -0.4 is 61.7 Å². The van der Waals surface area contributed by atoms with Gasteiger partial charge in [0.1, 0.15) is 0 Å². The average molecular weight is 197 g/mol. The monoisotopic (exact) mass is 196 g/mol. The summed E-state index contributed by atoms with van der Waals surface area (Å²) in [5.41, 5.74) is 0. The van der Waals surface area contributed by atoms with E-state index in [1.165, 1.54) is 0 Å². The predicted molar refractivity (Wildman–Crippen MR) is 35.9 cm³/mol. The first-order valence-corrected chi connectivity index (χ1v) is 0. The normalized spacial score (nSPS) is 0. The summed E-state index contributed by atoms with van der Waals surface area (Å²) < 4.78 is 0. The number of hydrogen-bond donors (Lipinski definition) is 6. The van der Waals surface area contributed by atoms with E-state index in [0.29, 0.717) is 0 Å². The fraction of sp³-hybridized carbons (Fsp3) is 0. The van der Waals surface area contributed by atoms with Crippen molar-refractivity contribution in [3.05, 3.63) is 0 Å². The van der Waals surface area contributed by atoms with E-state index in [-0.39, 0.29) is 84.8 Å². The van der Waals surface area contributed by atoms with E-state index in [0.717, 1.165) is 0 Å². The van der Waals surface area contributed by atoms with Crippen LogP contribution in [0.1, 0.15) is 0 Å². The molecule has 0 aromatic rings. The van der Waals surface area contributed by atoms with Crippen molar-refractivity contribution in [2.45, 2.75) is 0 Å². The maximum atomic E-state index is 0. The van der Waals surface area contributed by atoms with Crippen molar-refractivity contribution >= 4 is 23.1 Å². The van der Waals surface area contributed by atoms with Gasteiger partial charge in [-0.3, -0.25) is 0 Å². The van der Waals surface area contributed by atoms with Crippen LogP contribution in [0.25, 0.3) is 0 Å². The Morgan fingerprint density at radius 2 is 0.333 bits per heavy atom. The molecule has 0 aliphatic rings. The van der Waals surface area contributed by atoms with E-state index < -0.39 is 0 Å². The van der Waals surface area contributed by atoms with Gasteiger partial charge in [-0.2, -0.15) is 0 Å². The Morgan fingerprint density at radius 1 is 0.333 bits per heavy atom. The van der Waals surface area contributed by atoms with Crippen molar-refractivity contribution < 1.29 is 24.8 Å². The largest absolute Gasteiger partial charge is 2.00 e. The SMILES string of the molecule is N.N.N.N.N.N.[Cl-].[Cl-].[Mg+2]. The van der Waals surface area contributed by atoms with Gasteiger partial charge in [0.15, 0.2) is 0 Å². The van der Waals surface area contributed by atoms with Gasteiger partial charge < -0.3 is 61.7 Å². The van der Waals surface area contributed by atoms with Crippen LogP contribution in [0.3, 0.4) is 0 Å². The summed E-state index contributed by atoms with van der Waals surface area (Å²) in [6, 6.07) is 0. The molecule has 0 aliphatic carbocycles. The van der Waals surface area contributed by atoms with Crippen LogP contribution in [0, 0.1) is 0 Å². The molecule has 0 bridgehead atoms. The molecule has 0 aliphatic heterocycles. The molecule has 0 radical (unpaired) electrons. The Labute approximate surface area is 84.8 Å². The number of rotatable bonds is 0. The molecular formula is H18Cl2MgN6. The second-order valence-corrected chi connectivity index (χ2v) is 0. The summed E-state index contributed by atoms with van der Waals surface area (Å²) in [7, 11) is 0. The van der Waals surface area contributed by atoms with Crippen LogP contribution in [-0.4, -0.2) is 23.1 Å². The summed E-state index contributed by atoms with van der Waals surface area (Å²) in [6.45, 7) is 0. The van der Waals surface area contributed by atoms with Crippen molar-refractivity contribution in [2.75, 3.05) is 0 Å². The Kier molecular flexibility index (Phi) is 37200. The molecule has 0 aromatic carbocycles. The molecule has 9 heteroatoms. The molecule has 0 spiro atoms. The van der Waals surface area contributed by atoms with Crippen molar-refractivity contribution in [1.82, 2.24) is 36.9 Å².